The van der Waals surface area contributed by atoms with Crippen molar-refractivity contribution in [2.45, 2.75) is 6.61 Å². The summed E-state index contributed by atoms with van der Waals surface area (Å²) in [6, 6.07) is 13.6. The van der Waals surface area contributed by atoms with Gasteiger partial charge >= 0.3 is 6.61 Å². The van der Waals surface area contributed by atoms with Gasteiger partial charge in [0.15, 0.2) is 5.78 Å². The van der Waals surface area contributed by atoms with Crippen molar-refractivity contribution >= 4 is 17.5 Å². The second kappa shape index (κ2) is 8.58. The molecule has 3 rings (SSSR count). The van der Waals surface area contributed by atoms with Gasteiger partial charge in [0.1, 0.15) is 5.75 Å². The van der Waals surface area contributed by atoms with E-state index in [1.807, 2.05) is 18.2 Å². The molecule has 0 amide bonds. The molecule has 0 aliphatic carbocycles. The van der Waals surface area contributed by atoms with Gasteiger partial charge in [0.05, 0.1) is 13.2 Å². The van der Waals surface area contributed by atoms with Crippen LogP contribution in [0.25, 0.3) is 6.08 Å². The molecule has 1 heterocycles. The third-order valence-electron chi connectivity index (χ3n) is 4.04. The minimum atomic E-state index is -2.85. The molecule has 0 radical (unpaired) electrons. The summed E-state index contributed by atoms with van der Waals surface area (Å²) in [5.74, 6) is -0.0327. The molecule has 1 saturated heterocycles. The van der Waals surface area contributed by atoms with E-state index in [2.05, 4.69) is 9.64 Å². The van der Waals surface area contributed by atoms with E-state index in [-0.39, 0.29) is 11.5 Å². The van der Waals surface area contributed by atoms with Gasteiger partial charge in [-0.25, -0.2) is 0 Å². The summed E-state index contributed by atoms with van der Waals surface area (Å²) in [5, 5.41) is 0. The van der Waals surface area contributed by atoms with Gasteiger partial charge < -0.3 is 14.4 Å². The maximum atomic E-state index is 12.4. The molecule has 0 saturated carbocycles. The number of allylic oxidation sites excluding steroid dienone is 1. The van der Waals surface area contributed by atoms with Gasteiger partial charge in [-0.1, -0.05) is 30.3 Å². The largest absolute Gasteiger partial charge is 0.435 e. The van der Waals surface area contributed by atoms with Gasteiger partial charge in [-0.2, -0.15) is 8.78 Å². The summed E-state index contributed by atoms with van der Waals surface area (Å²) in [5.41, 5.74) is 2.33. The van der Waals surface area contributed by atoms with Gasteiger partial charge in [0.2, 0.25) is 0 Å². The number of carbonyl (C=O) groups excluding carboxylic acids is 1. The lowest BCUT2D eigenvalue weighted by Gasteiger charge is -2.29. The molecule has 2 aromatic carbocycles. The number of ether oxygens (including phenoxy) is 2. The first-order valence-electron chi connectivity index (χ1n) is 8.32. The number of halogens is 2. The summed E-state index contributed by atoms with van der Waals surface area (Å²) < 4.78 is 33.9. The fraction of sp³-hybridized carbons (Fsp3) is 0.250. The minimum absolute atomic E-state index is 0.0849. The Labute approximate surface area is 150 Å². The normalized spacial score (nSPS) is 14.8. The summed E-state index contributed by atoms with van der Waals surface area (Å²) in [6.45, 7) is 0.130. The molecule has 6 heteroatoms. The molecule has 2 aromatic rings. The summed E-state index contributed by atoms with van der Waals surface area (Å²) in [4.78, 5) is 14.6. The van der Waals surface area contributed by atoms with E-state index in [0.29, 0.717) is 18.8 Å². The maximum Gasteiger partial charge on any atom is 0.387 e. The molecule has 1 fully saturated rings. The van der Waals surface area contributed by atoms with Gasteiger partial charge in [0.25, 0.3) is 0 Å². The molecule has 0 aromatic heterocycles. The van der Waals surface area contributed by atoms with Crippen LogP contribution in [0.2, 0.25) is 0 Å². The van der Waals surface area contributed by atoms with Crippen LogP contribution in [0.3, 0.4) is 0 Å². The number of ketones is 1. The van der Waals surface area contributed by atoms with E-state index in [1.165, 1.54) is 18.2 Å². The van der Waals surface area contributed by atoms with Crippen LogP contribution >= 0.6 is 0 Å². The number of hydrogen-bond acceptors (Lipinski definition) is 4. The molecule has 0 unspecified atom stereocenters. The number of anilines is 1. The first kappa shape index (κ1) is 18.1. The highest BCUT2D eigenvalue weighted by molar-refractivity contribution is 6.07. The number of nitrogens with zero attached hydrogens (tertiary/aromatic N) is 1. The third kappa shape index (κ3) is 4.89. The van der Waals surface area contributed by atoms with Crippen molar-refractivity contribution in [2.75, 3.05) is 31.2 Å². The van der Waals surface area contributed by atoms with E-state index in [9.17, 15) is 13.6 Å². The molecule has 1 aliphatic heterocycles. The lowest BCUT2D eigenvalue weighted by atomic mass is 10.1. The number of rotatable bonds is 6. The van der Waals surface area contributed by atoms with Gasteiger partial charge in [-0.05, 0) is 35.9 Å². The fourth-order valence-electron chi connectivity index (χ4n) is 2.71. The zero-order valence-corrected chi connectivity index (χ0v) is 14.1. The number of alkyl halides is 2. The molecule has 4 nitrogen and oxygen atoms in total. The summed E-state index contributed by atoms with van der Waals surface area (Å²) in [7, 11) is 0. The van der Waals surface area contributed by atoms with Crippen LogP contribution in [0.1, 0.15) is 15.9 Å². The molecule has 26 heavy (non-hydrogen) atoms. The Bertz CT molecular complexity index is 769. The zero-order chi connectivity index (χ0) is 18.4. The Morgan fingerprint density at radius 3 is 2.54 bits per heavy atom. The highest BCUT2D eigenvalue weighted by atomic mass is 19.3. The van der Waals surface area contributed by atoms with Crippen molar-refractivity contribution in [2.24, 2.45) is 0 Å². The van der Waals surface area contributed by atoms with E-state index in [1.54, 1.807) is 24.3 Å². The van der Waals surface area contributed by atoms with Crippen molar-refractivity contribution in [3.63, 3.8) is 0 Å². The molecule has 1 aliphatic rings. The SMILES string of the molecule is O=C(C=Cc1ccc(OC(F)F)cc1)c1cccc(N2CCOCC2)c1. The third-order valence-corrected chi connectivity index (χ3v) is 4.04. The first-order chi connectivity index (χ1) is 12.6. The predicted molar refractivity (Wildman–Crippen MR) is 95.9 cm³/mol. The molecular weight excluding hydrogens is 340 g/mol. The van der Waals surface area contributed by atoms with Gasteiger partial charge in [-0.3, -0.25) is 4.79 Å². The Morgan fingerprint density at radius 1 is 1.12 bits per heavy atom. The van der Waals surface area contributed by atoms with Crippen LogP contribution in [0.5, 0.6) is 5.75 Å². The smallest absolute Gasteiger partial charge is 0.387 e. The van der Waals surface area contributed by atoms with Gasteiger partial charge in [0, 0.05) is 24.3 Å². The van der Waals surface area contributed by atoms with Crippen LogP contribution in [-0.4, -0.2) is 38.7 Å². The molecule has 0 N–H and O–H groups in total. The van der Waals surface area contributed by atoms with E-state index >= 15 is 0 Å². The van der Waals surface area contributed by atoms with Crippen molar-refractivity contribution in [1.82, 2.24) is 0 Å². The van der Waals surface area contributed by atoms with Gasteiger partial charge in [-0.15, -0.1) is 0 Å². The van der Waals surface area contributed by atoms with Crippen LogP contribution < -0.4 is 9.64 Å². The predicted octanol–water partition coefficient (Wildman–Crippen LogP) is 4.02. The van der Waals surface area contributed by atoms with E-state index < -0.39 is 6.61 Å². The average molecular weight is 359 g/mol. The summed E-state index contributed by atoms with van der Waals surface area (Å²) >= 11 is 0. The lowest BCUT2D eigenvalue weighted by Crippen LogP contribution is -2.36. The van der Waals surface area contributed by atoms with Crippen molar-refractivity contribution in [1.29, 1.82) is 0 Å². The van der Waals surface area contributed by atoms with Crippen molar-refractivity contribution in [3.05, 3.63) is 65.7 Å². The Hall–Kier alpha value is -2.73. The van der Waals surface area contributed by atoms with Crippen LogP contribution in [0.15, 0.2) is 54.6 Å². The van der Waals surface area contributed by atoms with Crippen LogP contribution in [0.4, 0.5) is 14.5 Å². The maximum absolute atomic E-state index is 12.4. The highest BCUT2D eigenvalue weighted by Gasteiger charge is 2.12. The molecule has 0 spiro atoms. The Balaban J connectivity index is 1.66. The first-order valence-corrected chi connectivity index (χ1v) is 8.32. The van der Waals surface area contributed by atoms with Crippen LogP contribution in [-0.2, 0) is 4.74 Å². The fourth-order valence-corrected chi connectivity index (χ4v) is 2.71. The topological polar surface area (TPSA) is 38.8 Å². The number of carbonyl (C=O) groups is 1. The lowest BCUT2D eigenvalue weighted by molar-refractivity contribution is -0.0498. The standard InChI is InChI=1S/C20H19F2NO3/c21-20(22)26-18-7-4-15(5-8-18)6-9-19(24)16-2-1-3-17(14-16)23-10-12-25-13-11-23/h1-9,14,20H,10-13H2. The zero-order valence-electron chi connectivity index (χ0n) is 14.1. The molecular formula is C20H19F2NO3. The van der Waals surface area contributed by atoms with Crippen molar-refractivity contribution < 1.29 is 23.0 Å². The monoisotopic (exact) mass is 359 g/mol. The number of benzene rings is 2. The molecule has 0 atom stereocenters. The second-order valence-corrected chi connectivity index (χ2v) is 5.79. The molecule has 136 valence electrons. The second-order valence-electron chi connectivity index (χ2n) is 5.79. The van der Waals surface area contributed by atoms with Crippen LogP contribution in [0, 0.1) is 0 Å². The minimum Gasteiger partial charge on any atom is -0.435 e. The summed E-state index contributed by atoms with van der Waals surface area (Å²) in [6.07, 6.45) is 3.12. The van der Waals surface area contributed by atoms with Crippen molar-refractivity contribution in [3.8, 4) is 5.75 Å². The number of morpholine rings is 1. The average Bonchev–Trinajstić information content (AvgIpc) is 2.67. The van der Waals surface area contributed by atoms with E-state index in [0.717, 1.165) is 24.3 Å². The molecule has 0 bridgehead atoms. The van der Waals surface area contributed by atoms with E-state index in [4.69, 9.17) is 4.74 Å². The highest BCUT2D eigenvalue weighted by Crippen LogP contribution is 2.19. The Kier molecular flexibility index (Phi) is 5.96. The Morgan fingerprint density at radius 2 is 1.85 bits per heavy atom. The quantitative estimate of drug-likeness (QED) is 0.577. The number of hydrogen-bond donors (Lipinski definition) is 0.